The Morgan fingerprint density at radius 1 is 1.33 bits per heavy atom. The maximum atomic E-state index is 12.2. The molecule has 0 atom stereocenters. The van der Waals surface area contributed by atoms with Gasteiger partial charge in [-0.1, -0.05) is 20.8 Å². The van der Waals surface area contributed by atoms with Gasteiger partial charge in [0.05, 0.1) is 6.20 Å². The topological polar surface area (TPSA) is 78.7 Å². The Balaban J connectivity index is 1.86. The fourth-order valence-corrected chi connectivity index (χ4v) is 2.43. The molecule has 3 heterocycles. The number of hydrogen-bond acceptors (Lipinski definition) is 6. The minimum atomic E-state index is -0.312. The molecule has 0 aliphatic heterocycles. The zero-order chi connectivity index (χ0) is 15.0. The molecule has 110 valence electrons. The van der Waals surface area contributed by atoms with Gasteiger partial charge in [0.25, 0.3) is 0 Å². The van der Waals surface area contributed by atoms with Gasteiger partial charge in [0.15, 0.2) is 0 Å². The van der Waals surface area contributed by atoms with Crippen LogP contribution in [0.15, 0.2) is 32.9 Å². The lowest BCUT2D eigenvalue weighted by molar-refractivity contribution is 0.370. The molecule has 0 saturated heterocycles. The zero-order valence-electron chi connectivity index (χ0n) is 12.0. The highest BCUT2D eigenvalue weighted by Crippen LogP contribution is 2.22. The first-order valence-electron chi connectivity index (χ1n) is 6.47. The molecule has 0 N–H and O–H groups in total. The van der Waals surface area contributed by atoms with Gasteiger partial charge in [-0.05, 0) is 27.9 Å². The van der Waals surface area contributed by atoms with Gasteiger partial charge < -0.3 is 4.42 Å². The number of nitrogens with zero attached hydrogens (tertiary/aromatic N) is 5. The molecule has 0 bridgehead atoms. The summed E-state index contributed by atoms with van der Waals surface area (Å²) in [6.07, 6.45) is 1.68. The zero-order valence-corrected chi connectivity index (χ0v) is 12.8. The van der Waals surface area contributed by atoms with Crippen LogP contribution in [0.2, 0.25) is 0 Å². The highest BCUT2D eigenvalue weighted by Gasteiger charge is 2.20. The molecule has 3 rings (SSSR count). The molecule has 0 saturated carbocycles. The van der Waals surface area contributed by atoms with E-state index in [4.69, 9.17) is 4.42 Å². The van der Waals surface area contributed by atoms with Crippen LogP contribution in [0.5, 0.6) is 0 Å². The third kappa shape index (κ3) is 2.66. The Hall–Kier alpha value is -2.22. The van der Waals surface area contributed by atoms with Gasteiger partial charge in [0.1, 0.15) is 17.3 Å². The van der Waals surface area contributed by atoms with Crippen LogP contribution in [-0.4, -0.2) is 24.8 Å². The van der Waals surface area contributed by atoms with Crippen molar-refractivity contribution >= 4 is 11.3 Å². The normalized spacial score (nSPS) is 12.0. The number of tetrazole rings is 1. The standard InChI is InChI=1S/C13H15N5O2S/c1-13(2,3)9-7-14-10(20-9)8-17-12(19)18(16-15-17)11-5-4-6-21-11/h4-7H,8H2,1-3H3. The van der Waals surface area contributed by atoms with Crippen molar-refractivity contribution in [2.45, 2.75) is 32.7 Å². The smallest absolute Gasteiger partial charge is 0.369 e. The summed E-state index contributed by atoms with van der Waals surface area (Å²) >= 11 is 1.43. The van der Waals surface area contributed by atoms with Gasteiger partial charge in [-0.15, -0.1) is 11.3 Å². The quantitative estimate of drug-likeness (QED) is 0.737. The number of thiophene rings is 1. The van der Waals surface area contributed by atoms with Gasteiger partial charge in [0.2, 0.25) is 5.89 Å². The molecule has 3 aromatic heterocycles. The van der Waals surface area contributed by atoms with Crippen LogP contribution in [0.1, 0.15) is 32.4 Å². The van der Waals surface area contributed by atoms with Gasteiger partial charge in [0, 0.05) is 5.41 Å². The third-order valence-electron chi connectivity index (χ3n) is 2.93. The van der Waals surface area contributed by atoms with Crippen LogP contribution >= 0.6 is 11.3 Å². The van der Waals surface area contributed by atoms with Crippen molar-refractivity contribution in [1.29, 1.82) is 0 Å². The Kier molecular flexibility index (Phi) is 3.25. The van der Waals surface area contributed by atoms with E-state index < -0.39 is 0 Å². The van der Waals surface area contributed by atoms with Crippen LogP contribution in [0.4, 0.5) is 0 Å². The Labute approximate surface area is 124 Å². The van der Waals surface area contributed by atoms with E-state index in [1.165, 1.54) is 20.7 Å². The molecular formula is C13H15N5O2S. The number of aromatic nitrogens is 5. The van der Waals surface area contributed by atoms with Gasteiger partial charge in [-0.2, -0.15) is 9.36 Å². The summed E-state index contributed by atoms with van der Waals surface area (Å²) in [5.41, 5.74) is -0.432. The van der Waals surface area contributed by atoms with Crippen LogP contribution < -0.4 is 5.69 Å². The highest BCUT2D eigenvalue weighted by atomic mass is 32.1. The average molecular weight is 305 g/mol. The maximum Gasteiger partial charge on any atom is 0.369 e. The van der Waals surface area contributed by atoms with E-state index in [0.29, 0.717) is 5.89 Å². The lowest BCUT2D eigenvalue weighted by Gasteiger charge is -2.12. The van der Waals surface area contributed by atoms with Gasteiger partial charge in [-0.3, -0.25) is 0 Å². The van der Waals surface area contributed by atoms with Crippen molar-refractivity contribution in [3.63, 3.8) is 0 Å². The molecular weight excluding hydrogens is 290 g/mol. The van der Waals surface area contributed by atoms with E-state index in [-0.39, 0.29) is 17.6 Å². The van der Waals surface area contributed by atoms with Crippen LogP contribution in [0.25, 0.3) is 5.00 Å². The fourth-order valence-electron chi connectivity index (χ4n) is 1.76. The first kappa shape index (κ1) is 13.7. The minimum absolute atomic E-state index is 0.120. The molecule has 7 nitrogen and oxygen atoms in total. The summed E-state index contributed by atoms with van der Waals surface area (Å²) in [6, 6.07) is 3.67. The first-order valence-corrected chi connectivity index (χ1v) is 7.35. The van der Waals surface area contributed by atoms with E-state index in [9.17, 15) is 4.79 Å². The lowest BCUT2D eigenvalue weighted by atomic mass is 9.94. The predicted molar refractivity (Wildman–Crippen MR) is 77.8 cm³/mol. The van der Waals surface area contributed by atoms with Crippen molar-refractivity contribution in [3.8, 4) is 5.00 Å². The summed E-state index contributed by atoms with van der Waals surface area (Å²) in [4.78, 5) is 16.4. The number of rotatable bonds is 3. The second-order valence-electron chi connectivity index (χ2n) is 5.65. The molecule has 0 aromatic carbocycles. The van der Waals surface area contributed by atoms with E-state index in [1.54, 1.807) is 6.20 Å². The average Bonchev–Trinajstić information content (AvgIpc) is 3.11. The van der Waals surface area contributed by atoms with Crippen LogP contribution in [-0.2, 0) is 12.0 Å². The van der Waals surface area contributed by atoms with Crippen molar-refractivity contribution in [2.75, 3.05) is 0 Å². The first-order chi connectivity index (χ1) is 9.95. The minimum Gasteiger partial charge on any atom is -0.443 e. The monoisotopic (exact) mass is 305 g/mol. The summed E-state index contributed by atoms with van der Waals surface area (Å²) < 4.78 is 8.16. The molecule has 3 aromatic rings. The van der Waals surface area contributed by atoms with Crippen molar-refractivity contribution < 1.29 is 4.42 Å². The molecule has 21 heavy (non-hydrogen) atoms. The SMILES string of the molecule is CC(C)(C)c1cnc(Cn2nnn(-c3cccs3)c2=O)o1. The molecule has 0 radical (unpaired) electrons. The van der Waals surface area contributed by atoms with Crippen LogP contribution in [0.3, 0.4) is 0 Å². The molecule has 0 aliphatic carbocycles. The lowest BCUT2D eigenvalue weighted by Crippen LogP contribution is -2.24. The fraction of sp³-hybridized carbons (Fsp3) is 0.385. The molecule has 0 unspecified atom stereocenters. The van der Waals surface area contributed by atoms with Crippen LogP contribution in [0, 0.1) is 0 Å². The van der Waals surface area contributed by atoms with Crippen molar-refractivity contribution in [3.05, 3.63) is 45.8 Å². The summed E-state index contributed by atoms with van der Waals surface area (Å²) in [6.45, 7) is 6.28. The number of oxazole rings is 1. The molecule has 0 fully saturated rings. The largest absolute Gasteiger partial charge is 0.443 e. The molecule has 0 spiro atoms. The second-order valence-corrected chi connectivity index (χ2v) is 6.58. The molecule has 0 aliphatic rings. The second kappa shape index (κ2) is 4.96. The summed E-state index contributed by atoms with van der Waals surface area (Å²) in [5.74, 6) is 1.22. The van der Waals surface area contributed by atoms with E-state index in [0.717, 1.165) is 10.8 Å². The Bertz CT molecular complexity index is 791. The van der Waals surface area contributed by atoms with Crippen molar-refractivity contribution in [1.82, 2.24) is 24.8 Å². The molecule has 0 amide bonds. The van der Waals surface area contributed by atoms with Gasteiger partial charge >= 0.3 is 5.69 Å². The van der Waals surface area contributed by atoms with Crippen molar-refractivity contribution in [2.24, 2.45) is 0 Å². The van der Waals surface area contributed by atoms with E-state index in [2.05, 4.69) is 15.4 Å². The highest BCUT2D eigenvalue weighted by molar-refractivity contribution is 7.12. The Morgan fingerprint density at radius 3 is 2.76 bits per heavy atom. The third-order valence-corrected chi connectivity index (χ3v) is 3.78. The number of hydrogen-bond donors (Lipinski definition) is 0. The van der Waals surface area contributed by atoms with E-state index >= 15 is 0 Å². The summed E-state index contributed by atoms with van der Waals surface area (Å²) in [7, 11) is 0. The Morgan fingerprint density at radius 2 is 2.14 bits per heavy atom. The van der Waals surface area contributed by atoms with Gasteiger partial charge in [-0.25, -0.2) is 9.78 Å². The summed E-state index contributed by atoms with van der Waals surface area (Å²) in [5, 5.41) is 10.3. The predicted octanol–water partition coefficient (Wildman–Crippen LogP) is 1.82. The maximum absolute atomic E-state index is 12.2. The van der Waals surface area contributed by atoms with E-state index in [1.807, 2.05) is 38.3 Å². The molecule has 8 heteroatoms.